The first kappa shape index (κ1) is 13.9. The van der Waals surface area contributed by atoms with E-state index < -0.39 is 5.97 Å². The van der Waals surface area contributed by atoms with E-state index in [-0.39, 0.29) is 11.4 Å². The Bertz CT molecular complexity index is 609. The van der Waals surface area contributed by atoms with E-state index in [1.54, 1.807) is 24.5 Å². The molecule has 0 aliphatic rings. The number of nitrogen functional groups attached to an aromatic ring is 1. The summed E-state index contributed by atoms with van der Waals surface area (Å²) in [6.45, 7) is 2.65. The van der Waals surface area contributed by atoms with Crippen molar-refractivity contribution in [3.63, 3.8) is 0 Å². The maximum absolute atomic E-state index is 11.9. The van der Waals surface area contributed by atoms with Crippen LogP contribution >= 0.6 is 0 Å². The van der Waals surface area contributed by atoms with Crippen LogP contribution in [0.25, 0.3) is 5.69 Å². The second-order valence-corrected chi connectivity index (χ2v) is 4.21. The van der Waals surface area contributed by atoms with Crippen molar-refractivity contribution in [2.45, 2.75) is 6.92 Å². The molecule has 0 atom stereocenters. The molecule has 7 heteroatoms. The molecule has 2 N–H and O–H groups in total. The predicted octanol–water partition coefficient (Wildman–Crippen LogP) is 1.09. The van der Waals surface area contributed by atoms with E-state index in [4.69, 9.17) is 10.5 Å². The number of nitrogens with zero attached hydrogens (tertiary/aromatic N) is 4. The lowest BCUT2D eigenvalue weighted by Gasteiger charge is -2.14. The summed E-state index contributed by atoms with van der Waals surface area (Å²) in [5, 5.41) is 4.41. The summed E-state index contributed by atoms with van der Waals surface area (Å²) in [4.78, 5) is 17.7. The zero-order chi connectivity index (χ0) is 14.7. The van der Waals surface area contributed by atoms with E-state index in [2.05, 4.69) is 10.1 Å². The van der Waals surface area contributed by atoms with Gasteiger partial charge in [-0.05, 0) is 19.1 Å². The van der Waals surface area contributed by atoms with Crippen molar-refractivity contribution in [2.24, 2.45) is 0 Å². The van der Waals surface area contributed by atoms with Crippen molar-refractivity contribution >= 4 is 17.6 Å². The Kier molecular flexibility index (Phi) is 3.88. The van der Waals surface area contributed by atoms with Crippen LogP contribution in [0.15, 0.2) is 24.5 Å². The van der Waals surface area contributed by atoms with Crippen LogP contribution in [0.2, 0.25) is 0 Å². The first-order chi connectivity index (χ1) is 9.60. The molecule has 2 aromatic rings. The minimum Gasteiger partial charge on any atom is -0.465 e. The largest absolute Gasteiger partial charge is 0.465 e. The van der Waals surface area contributed by atoms with Crippen LogP contribution in [0.5, 0.6) is 0 Å². The van der Waals surface area contributed by atoms with Crippen LogP contribution in [0.3, 0.4) is 0 Å². The van der Waals surface area contributed by atoms with Gasteiger partial charge in [0.1, 0.15) is 11.4 Å². The minimum atomic E-state index is -0.502. The Morgan fingerprint density at radius 2 is 2.10 bits per heavy atom. The number of hydrogen-bond acceptors (Lipinski definition) is 6. The average molecular weight is 275 g/mol. The van der Waals surface area contributed by atoms with Gasteiger partial charge in [0, 0.05) is 26.0 Å². The maximum Gasteiger partial charge on any atom is 0.345 e. The second kappa shape index (κ2) is 5.60. The van der Waals surface area contributed by atoms with Gasteiger partial charge in [0.2, 0.25) is 0 Å². The standard InChI is InChI=1S/C13H17N5O2/c1-4-17(2)12-10(13(19)20-3)11(14)18(16-12)9-5-7-15-8-6-9/h5-8H,4,14H2,1-3H3. The summed E-state index contributed by atoms with van der Waals surface area (Å²) in [5.74, 6) is 0.241. The number of anilines is 2. The first-order valence-electron chi connectivity index (χ1n) is 6.18. The third-order valence-electron chi connectivity index (χ3n) is 3.04. The number of pyridine rings is 1. The molecule has 0 fully saturated rings. The topological polar surface area (TPSA) is 86.3 Å². The molecule has 0 bridgehead atoms. The van der Waals surface area contributed by atoms with Gasteiger partial charge in [0.25, 0.3) is 0 Å². The summed E-state index contributed by atoms with van der Waals surface area (Å²) >= 11 is 0. The van der Waals surface area contributed by atoms with E-state index in [1.165, 1.54) is 11.8 Å². The molecule has 0 radical (unpaired) electrons. The van der Waals surface area contributed by atoms with Gasteiger partial charge in [-0.1, -0.05) is 0 Å². The van der Waals surface area contributed by atoms with E-state index in [0.29, 0.717) is 12.4 Å². The molecule has 2 aromatic heterocycles. The van der Waals surface area contributed by atoms with E-state index in [9.17, 15) is 4.79 Å². The van der Waals surface area contributed by atoms with Crippen molar-refractivity contribution in [3.8, 4) is 5.69 Å². The van der Waals surface area contributed by atoms with Crippen LogP contribution in [0.1, 0.15) is 17.3 Å². The average Bonchev–Trinajstić information content (AvgIpc) is 2.84. The Hall–Kier alpha value is -2.57. The number of aromatic nitrogens is 3. The SMILES string of the molecule is CCN(C)c1nn(-c2ccncc2)c(N)c1C(=O)OC. The van der Waals surface area contributed by atoms with Crippen molar-refractivity contribution in [1.29, 1.82) is 0 Å². The number of rotatable bonds is 4. The van der Waals surface area contributed by atoms with Gasteiger partial charge < -0.3 is 15.4 Å². The lowest BCUT2D eigenvalue weighted by atomic mass is 10.3. The molecule has 7 nitrogen and oxygen atoms in total. The molecule has 0 spiro atoms. The van der Waals surface area contributed by atoms with Gasteiger partial charge in [-0.2, -0.15) is 0 Å². The van der Waals surface area contributed by atoms with Crippen LogP contribution < -0.4 is 10.6 Å². The van der Waals surface area contributed by atoms with Gasteiger partial charge in [0.15, 0.2) is 5.82 Å². The Morgan fingerprint density at radius 1 is 1.45 bits per heavy atom. The Morgan fingerprint density at radius 3 is 2.65 bits per heavy atom. The predicted molar refractivity (Wildman–Crippen MR) is 76.1 cm³/mol. The van der Waals surface area contributed by atoms with Crippen molar-refractivity contribution in [1.82, 2.24) is 14.8 Å². The molecule has 0 amide bonds. The highest BCUT2D eigenvalue weighted by atomic mass is 16.5. The fourth-order valence-electron chi connectivity index (χ4n) is 1.82. The van der Waals surface area contributed by atoms with Gasteiger partial charge in [-0.15, -0.1) is 5.10 Å². The molecule has 0 aromatic carbocycles. The van der Waals surface area contributed by atoms with Gasteiger partial charge in [-0.3, -0.25) is 4.98 Å². The van der Waals surface area contributed by atoms with E-state index in [0.717, 1.165) is 5.69 Å². The van der Waals surface area contributed by atoms with Gasteiger partial charge in [-0.25, -0.2) is 9.48 Å². The highest BCUT2D eigenvalue weighted by molar-refractivity contribution is 6.00. The first-order valence-corrected chi connectivity index (χ1v) is 6.18. The summed E-state index contributed by atoms with van der Waals surface area (Å²) in [6, 6.07) is 3.53. The molecule has 20 heavy (non-hydrogen) atoms. The summed E-state index contributed by atoms with van der Waals surface area (Å²) in [5.41, 5.74) is 7.06. The molecule has 106 valence electrons. The minimum absolute atomic E-state index is 0.248. The van der Waals surface area contributed by atoms with Crippen LogP contribution in [0.4, 0.5) is 11.6 Å². The molecule has 0 aliphatic carbocycles. The lowest BCUT2D eigenvalue weighted by molar-refractivity contribution is 0.0602. The summed E-state index contributed by atoms with van der Waals surface area (Å²) < 4.78 is 6.30. The van der Waals surface area contributed by atoms with Crippen molar-refractivity contribution in [2.75, 3.05) is 31.3 Å². The van der Waals surface area contributed by atoms with Crippen LogP contribution in [-0.2, 0) is 4.74 Å². The smallest absolute Gasteiger partial charge is 0.345 e. The molecular formula is C13H17N5O2. The third kappa shape index (κ3) is 2.29. The molecule has 0 unspecified atom stereocenters. The van der Waals surface area contributed by atoms with Gasteiger partial charge >= 0.3 is 5.97 Å². The summed E-state index contributed by atoms with van der Waals surface area (Å²) in [7, 11) is 3.16. The number of hydrogen-bond donors (Lipinski definition) is 1. The number of methoxy groups -OCH3 is 1. The molecule has 0 saturated carbocycles. The number of esters is 1. The van der Waals surface area contributed by atoms with E-state index in [1.807, 2.05) is 18.9 Å². The lowest BCUT2D eigenvalue weighted by Crippen LogP contribution is -2.19. The molecule has 2 rings (SSSR count). The van der Waals surface area contributed by atoms with Crippen LogP contribution in [0, 0.1) is 0 Å². The molecule has 0 aliphatic heterocycles. The number of nitrogens with two attached hydrogens (primary N) is 1. The number of carbonyl (C=O) groups is 1. The number of ether oxygens (including phenoxy) is 1. The Labute approximate surface area is 117 Å². The fraction of sp³-hybridized carbons (Fsp3) is 0.308. The highest BCUT2D eigenvalue weighted by Crippen LogP contribution is 2.27. The van der Waals surface area contributed by atoms with E-state index >= 15 is 0 Å². The maximum atomic E-state index is 11.9. The van der Waals surface area contributed by atoms with Crippen molar-refractivity contribution < 1.29 is 9.53 Å². The summed E-state index contributed by atoms with van der Waals surface area (Å²) in [6.07, 6.45) is 3.27. The third-order valence-corrected chi connectivity index (χ3v) is 3.04. The molecular weight excluding hydrogens is 258 g/mol. The molecule has 0 saturated heterocycles. The highest BCUT2D eigenvalue weighted by Gasteiger charge is 2.25. The zero-order valence-corrected chi connectivity index (χ0v) is 11.7. The quantitative estimate of drug-likeness (QED) is 0.841. The van der Waals surface area contributed by atoms with Crippen LogP contribution in [-0.4, -0.2) is 41.4 Å². The fourth-order valence-corrected chi connectivity index (χ4v) is 1.82. The Balaban J connectivity index is 2.61. The van der Waals surface area contributed by atoms with Gasteiger partial charge in [0.05, 0.1) is 12.8 Å². The molecule has 2 heterocycles. The normalized spacial score (nSPS) is 10.3. The van der Waals surface area contributed by atoms with Crippen molar-refractivity contribution in [3.05, 3.63) is 30.1 Å². The second-order valence-electron chi connectivity index (χ2n) is 4.21. The monoisotopic (exact) mass is 275 g/mol. The number of carbonyl (C=O) groups excluding carboxylic acids is 1. The zero-order valence-electron chi connectivity index (χ0n) is 11.7.